The van der Waals surface area contributed by atoms with E-state index in [2.05, 4.69) is 33.4 Å². The Balaban J connectivity index is 2.14. The Kier molecular flexibility index (Phi) is 5.97. The maximum absolute atomic E-state index is 12.0. The molecule has 1 saturated heterocycles. The molecule has 0 radical (unpaired) electrons. The second kappa shape index (κ2) is 7.55. The number of hydrogen-bond donors (Lipinski definition) is 2. The molecule has 1 heterocycles. The molecule has 1 aliphatic rings. The molecule has 2 N–H and O–H groups in total. The highest BCUT2D eigenvalue weighted by Crippen LogP contribution is 2.26. The lowest BCUT2D eigenvalue weighted by atomic mass is 10.0. The minimum atomic E-state index is -3.45. The first-order chi connectivity index (χ1) is 10.4. The van der Waals surface area contributed by atoms with Gasteiger partial charge in [-0.3, -0.25) is 4.90 Å². The van der Waals surface area contributed by atoms with E-state index in [4.69, 9.17) is 0 Å². The first kappa shape index (κ1) is 17.4. The molecule has 0 aliphatic carbocycles. The SMILES string of the molecule is Cc1ccccc1C(CNS(=O)(=O)NC(C)C)N1CCCC1. The summed E-state index contributed by atoms with van der Waals surface area (Å²) in [7, 11) is -3.45. The second-order valence-corrected chi connectivity index (χ2v) is 7.77. The van der Waals surface area contributed by atoms with Gasteiger partial charge in [0.05, 0.1) is 0 Å². The van der Waals surface area contributed by atoms with Crippen LogP contribution < -0.4 is 9.44 Å². The molecule has 2 rings (SSSR count). The quantitative estimate of drug-likeness (QED) is 0.806. The summed E-state index contributed by atoms with van der Waals surface area (Å²) in [6.07, 6.45) is 2.36. The minimum Gasteiger partial charge on any atom is -0.295 e. The molecular formula is C16H27N3O2S. The highest BCUT2D eigenvalue weighted by molar-refractivity contribution is 7.87. The van der Waals surface area contributed by atoms with Crippen LogP contribution in [0.1, 0.15) is 43.9 Å². The fourth-order valence-corrected chi connectivity index (χ4v) is 4.07. The van der Waals surface area contributed by atoms with E-state index in [0.29, 0.717) is 6.54 Å². The Labute approximate surface area is 134 Å². The van der Waals surface area contributed by atoms with Gasteiger partial charge in [-0.25, -0.2) is 4.72 Å². The van der Waals surface area contributed by atoms with Gasteiger partial charge in [-0.05, 0) is 57.8 Å². The molecule has 0 bridgehead atoms. The van der Waals surface area contributed by atoms with Crippen LogP contribution >= 0.6 is 0 Å². The van der Waals surface area contributed by atoms with E-state index in [1.54, 1.807) is 0 Å². The summed E-state index contributed by atoms with van der Waals surface area (Å²) in [5.41, 5.74) is 2.41. The van der Waals surface area contributed by atoms with Crippen molar-refractivity contribution in [3.05, 3.63) is 35.4 Å². The zero-order valence-electron chi connectivity index (χ0n) is 13.7. The molecule has 1 aromatic carbocycles. The fraction of sp³-hybridized carbons (Fsp3) is 0.625. The third kappa shape index (κ3) is 4.78. The lowest BCUT2D eigenvalue weighted by molar-refractivity contribution is 0.245. The minimum absolute atomic E-state index is 0.0902. The summed E-state index contributed by atoms with van der Waals surface area (Å²) in [6, 6.07) is 8.20. The summed E-state index contributed by atoms with van der Waals surface area (Å²) in [4.78, 5) is 2.38. The Bertz CT molecular complexity index is 581. The van der Waals surface area contributed by atoms with Crippen molar-refractivity contribution in [1.82, 2.24) is 14.3 Å². The highest BCUT2D eigenvalue weighted by Gasteiger charge is 2.26. The van der Waals surface area contributed by atoms with E-state index in [1.165, 1.54) is 24.0 Å². The van der Waals surface area contributed by atoms with Crippen LogP contribution in [0.25, 0.3) is 0 Å². The average Bonchev–Trinajstić information content (AvgIpc) is 2.93. The summed E-state index contributed by atoms with van der Waals surface area (Å²) >= 11 is 0. The molecular weight excluding hydrogens is 298 g/mol. The number of nitrogens with zero attached hydrogens (tertiary/aromatic N) is 1. The van der Waals surface area contributed by atoms with Crippen molar-refractivity contribution < 1.29 is 8.42 Å². The molecule has 1 atom stereocenters. The molecule has 6 heteroatoms. The van der Waals surface area contributed by atoms with Crippen molar-refractivity contribution in [2.24, 2.45) is 0 Å². The first-order valence-corrected chi connectivity index (χ1v) is 9.44. The van der Waals surface area contributed by atoms with Gasteiger partial charge in [0.1, 0.15) is 0 Å². The predicted octanol–water partition coefficient (Wildman–Crippen LogP) is 1.96. The van der Waals surface area contributed by atoms with E-state index in [1.807, 2.05) is 26.0 Å². The van der Waals surface area contributed by atoms with Gasteiger partial charge in [-0.1, -0.05) is 24.3 Å². The molecule has 5 nitrogen and oxygen atoms in total. The van der Waals surface area contributed by atoms with E-state index >= 15 is 0 Å². The molecule has 124 valence electrons. The molecule has 0 saturated carbocycles. The van der Waals surface area contributed by atoms with Crippen molar-refractivity contribution in [2.45, 2.75) is 45.7 Å². The Morgan fingerprint density at radius 2 is 1.82 bits per heavy atom. The topological polar surface area (TPSA) is 61.4 Å². The predicted molar refractivity (Wildman–Crippen MR) is 89.9 cm³/mol. The van der Waals surface area contributed by atoms with E-state index in [-0.39, 0.29) is 12.1 Å². The first-order valence-electron chi connectivity index (χ1n) is 7.95. The molecule has 1 aromatic rings. The number of benzene rings is 1. The number of likely N-dealkylation sites (tertiary alicyclic amines) is 1. The number of aryl methyl sites for hydroxylation is 1. The van der Waals surface area contributed by atoms with Crippen LogP contribution in [0, 0.1) is 6.92 Å². The van der Waals surface area contributed by atoms with Crippen molar-refractivity contribution in [2.75, 3.05) is 19.6 Å². The zero-order valence-corrected chi connectivity index (χ0v) is 14.5. The van der Waals surface area contributed by atoms with E-state index < -0.39 is 10.2 Å². The largest absolute Gasteiger partial charge is 0.295 e. The number of hydrogen-bond acceptors (Lipinski definition) is 3. The van der Waals surface area contributed by atoms with Crippen LogP contribution in [0.5, 0.6) is 0 Å². The third-order valence-corrected chi connectivity index (χ3v) is 5.31. The summed E-state index contributed by atoms with van der Waals surface area (Å²) in [5.74, 6) is 0. The van der Waals surface area contributed by atoms with E-state index in [0.717, 1.165) is 13.1 Å². The van der Waals surface area contributed by atoms with Gasteiger partial charge in [-0.15, -0.1) is 0 Å². The van der Waals surface area contributed by atoms with E-state index in [9.17, 15) is 8.42 Å². The van der Waals surface area contributed by atoms with Gasteiger partial charge in [0, 0.05) is 18.6 Å². The lowest BCUT2D eigenvalue weighted by Gasteiger charge is -2.29. The Hall–Kier alpha value is -0.950. The smallest absolute Gasteiger partial charge is 0.277 e. The zero-order chi connectivity index (χ0) is 16.2. The summed E-state index contributed by atoms with van der Waals surface area (Å²) in [6.45, 7) is 8.17. The van der Waals surface area contributed by atoms with Crippen LogP contribution in [-0.2, 0) is 10.2 Å². The van der Waals surface area contributed by atoms with Crippen LogP contribution in [0.2, 0.25) is 0 Å². The second-order valence-electron chi connectivity index (χ2n) is 6.24. The normalized spacial score (nSPS) is 18.0. The van der Waals surface area contributed by atoms with Gasteiger partial charge in [-0.2, -0.15) is 13.1 Å². The summed E-state index contributed by atoms with van der Waals surface area (Å²) < 4.78 is 29.4. The average molecular weight is 325 g/mol. The standard InChI is InChI=1S/C16H27N3O2S/c1-13(2)18-22(20,21)17-12-16(19-10-6-7-11-19)15-9-5-4-8-14(15)3/h4-5,8-9,13,16-18H,6-7,10-12H2,1-3H3. The highest BCUT2D eigenvalue weighted by atomic mass is 32.2. The molecule has 1 fully saturated rings. The van der Waals surface area contributed by atoms with Crippen LogP contribution in [0.4, 0.5) is 0 Å². The van der Waals surface area contributed by atoms with Gasteiger partial charge in [0.25, 0.3) is 10.2 Å². The van der Waals surface area contributed by atoms with Crippen LogP contribution in [0.15, 0.2) is 24.3 Å². The van der Waals surface area contributed by atoms with Crippen LogP contribution in [0.3, 0.4) is 0 Å². The van der Waals surface area contributed by atoms with Crippen molar-refractivity contribution in [3.8, 4) is 0 Å². The lowest BCUT2D eigenvalue weighted by Crippen LogP contribution is -2.44. The monoisotopic (exact) mass is 325 g/mol. The maximum atomic E-state index is 12.0. The summed E-state index contributed by atoms with van der Waals surface area (Å²) in [5, 5.41) is 0. The molecule has 1 unspecified atom stereocenters. The molecule has 22 heavy (non-hydrogen) atoms. The Morgan fingerprint density at radius 1 is 1.18 bits per heavy atom. The molecule has 1 aliphatic heterocycles. The number of nitrogens with one attached hydrogen (secondary N) is 2. The molecule has 0 amide bonds. The van der Waals surface area contributed by atoms with Gasteiger partial charge in [0.2, 0.25) is 0 Å². The fourth-order valence-electron chi connectivity index (χ4n) is 2.99. The van der Waals surface area contributed by atoms with Crippen molar-refractivity contribution in [1.29, 1.82) is 0 Å². The van der Waals surface area contributed by atoms with Crippen molar-refractivity contribution >= 4 is 10.2 Å². The van der Waals surface area contributed by atoms with Gasteiger partial charge >= 0.3 is 0 Å². The maximum Gasteiger partial charge on any atom is 0.277 e. The van der Waals surface area contributed by atoms with Gasteiger partial charge < -0.3 is 0 Å². The van der Waals surface area contributed by atoms with Crippen LogP contribution in [-0.4, -0.2) is 39.0 Å². The number of rotatable bonds is 7. The van der Waals surface area contributed by atoms with Gasteiger partial charge in [0.15, 0.2) is 0 Å². The Morgan fingerprint density at radius 3 is 2.41 bits per heavy atom. The van der Waals surface area contributed by atoms with Crippen molar-refractivity contribution in [3.63, 3.8) is 0 Å². The molecule has 0 spiro atoms. The third-order valence-electron chi connectivity index (χ3n) is 3.99. The molecule has 0 aromatic heterocycles.